The Morgan fingerprint density at radius 1 is 0.969 bits per heavy atom. The van der Waals surface area contributed by atoms with E-state index in [0.717, 1.165) is 5.56 Å². The van der Waals surface area contributed by atoms with E-state index in [1.54, 1.807) is 40.7 Å². The average molecular weight is 449 g/mol. The Labute approximate surface area is 188 Å². The predicted octanol–water partition coefficient (Wildman–Crippen LogP) is 2.60. The van der Waals surface area contributed by atoms with Crippen LogP contribution in [0.2, 0.25) is 0 Å². The van der Waals surface area contributed by atoms with Crippen LogP contribution in [-0.2, 0) is 28.6 Å². The van der Waals surface area contributed by atoms with E-state index >= 15 is 0 Å². The fraction of sp³-hybridized carbons (Fsp3) is 0.478. The van der Waals surface area contributed by atoms with Gasteiger partial charge in [-0.25, -0.2) is 14.4 Å². The van der Waals surface area contributed by atoms with Crippen LogP contribution >= 0.6 is 0 Å². The summed E-state index contributed by atoms with van der Waals surface area (Å²) in [6.07, 6.45) is 0.969. The van der Waals surface area contributed by atoms with Gasteiger partial charge in [-0.05, 0) is 45.8 Å². The summed E-state index contributed by atoms with van der Waals surface area (Å²) in [6, 6.07) is 9.07. The fourth-order valence-corrected chi connectivity index (χ4v) is 2.74. The number of hydrogen-bond donors (Lipinski definition) is 2. The lowest BCUT2D eigenvalue weighted by atomic mass is 9.92. The van der Waals surface area contributed by atoms with E-state index in [9.17, 15) is 19.2 Å². The fourth-order valence-electron chi connectivity index (χ4n) is 2.74. The Balaban J connectivity index is 3.29. The van der Waals surface area contributed by atoms with Crippen LogP contribution in [0.1, 0.15) is 46.6 Å². The van der Waals surface area contributed by atoms with Gasteiger partial charge < -0.3 is 24.8 Å². The van der Waals surface area contributed by atoms with Crippen LogP contribution < -0.4 is 10.6 Å². The zero-order chi connectivity index (χ0) is 24.2. The molecule has 0 saturated heterocycles. The van der Waals surface area contributed by atoms with E-state index in [2.05, 4.69) is 10.6 Å². The zero-order valence-corrected chi connectivity index (χ0v) is 19.2. The van der Waals surface area contributed by atoms with Gasteiger partial charge in [0, 0.05) is 13.0 Å². The number of esters is 2. The van der Waals surface area contributed by atoms with Gasteiger partial charge in [0.1, 0.15) is 5.60 Å². The molecule has 2 amide bonds. The van der Waals surface area contributed by atoms with Crippen LogP contribution in [0.15, 0.2) is 36.4 Å². The summed E-state index contributed by atoms with van der Waals surface area (Å²) in [7, 11) is 0. The van der Waals surface area contributed by atoms with Crippen molar-refractivity contribution in [3.05, 3.63) is 42.0 Å². The van der Waals surface area contributed by atoms with Gasteiger partial charge in [-0.15, -0.1) is 0 Å². The van der Waals surface area contributed by atoms with Crippen molar-refractivity contribution in [3.8, 4) is 0 Å². The third-order valence-corrected chi connectivity index (χ3v) is 4.17. The molecule has 0 saturated carbocycles. The highest BCUT2D eigenvalue weighted by molar-refractivity contribution is 6.06. The van der Waals surface area contributed by atoms with E-state index in [4.69, 9.17) is 14.2 Å². The normalized spacial score (nSPS) is 11.8. The molecule has 9 heteroatoms. The minimum absolute atomic E-state index is 0.00990. The third-order valence-electron chi connectivity index (χ3n) is 4.17. The van der Waals surface area contributed by atoms with Crippen LogP contribution in [0.3, 0.4) is 0 Å². The smallest absolute Gasteiger partial charge is 0.407 e. The van der Waals surface area contributed by atoms with E-state index in [1.807, 2.05) is 30.3 Å². The first kappa shape index (κ1) is 26.7. The van der Waals surface area contributed by atoms with Crippen LogP contribution in [0.25, 0.3) is 5.57 Å². The Morgan fingerprint density at radius 2 is 1.53 bits per heavy atom. The second-order valence-corrected chi connectivity index (χ2v) is 7.76. The Hall–Kier alpha value is -3.36. The lowest BCUT2D eigenvalue weighted by Crippen LogP contribution is -2.59. The van der Waals surface area contributed by atoms with Crippen LogP contribution in [-0.4, -0.2) is 55.3 Å². The monoisotopic (exact) mass is 448 g/mol. The number of carbonyl (C=O) groups excluding carboxylic acids is 4. The molecule has 0 bridgehead atoms. The molecule has 2 N–H and O–H groups in total. The molecule has 0 atom stereocenters. The second-order valence-electron chi connectivity index (χ2n) is 7.76. The van der Waals surface area contributed by atoms with Crippen molar-refractivity contribution in [1.82, 2.24) is 10.6 Å². The Kier molecular flexibility index (Phi) is 10.4. The van der Waals surface area contributed by atoms with E-state index in [1.165, 1.54) is 0 Å². The summed E-state index contributed by atoms with van der Waals surface area (Å²) >= 11 is 0. The molecule has 0 radical (unpaired) electrons. The molecule has 0 fully saturated rings. The van der Waals surface area contributed by atoms with Gasteiger partial charge in [0.2, 0.25) is 11.9 Å². The summed E-state index contributed by atoms with van der Waals surface area (Å²) < 4.78 is 15.3. The minimum Gasteiger partial charge on any atom is -0.464 e. The highest BCUT2D eigenvalue weighted by Crippen LogP contribution is 2.22. The first-order valence-electron chi connectivity index (χ1n) is 10.4. The zero-order valence-electron chi connectivity index (χ0n) is 19.2. The molecule has 0 aliphatic carbocycles. The molecule has 0 spiro atoms. The van der Waals surface area contributed by atoms with Gasteiger partial charge in [-0.1, -0.05) is 36.4 Å². The quantitative estimate of drug-likeness (QED) is 0.231. The minimum atomic E-state index is -2.06. The van der Waals surface area contributed by atoms with Crippen molar-refractivity contribution in [1.29, 1.82) is 0 Å². The van der Waals surface area contributed by atoms with Crippen LogP contribution in [0, 0.1) is 0 Å². The Bertz CT molecular complexity index is 795. The van der Waals surface area contributed by atoms with Crippen LogP contribution in [0.4, 0.5) is 4.79 Å². The number of carbonyl (C=O) groups is 4. The highest BCUT2D eigenvalue weighted by atomic mass is 16.6. The van der Waals surface area contributed by atoms with Crippen LogP contribution in [0.5, 0.6) is 0 Å². The molecule has 1 aromatic rings. The number of amides is 2. The molecule has 1 aromatic carbocycles. The number of alkyl carbamates (subject to hydrolysis) is 1. The molecule has 0 aliphatic heterocycles. The number of nitrogens with one attached hydrogen (secondary N) is 2. The third kappa shape index (κ3) is 8.05. The molecular formula is C23H32N2O7. The van der Waals surface area contributed by atoms with Gasteiger partial charge in [0.15, 0.2) is 0 Å². The van der Waals surface area contributed by atoms with Crippen molar-refractivity contribution >= 4 is 30.0 Å². The largest absolute Gasteiger partial charge is 0.464 e. The second kappa shape index (κ2) is 12.5. The van der Waals surface area contributed by atoms with Crippen molar-refractivity contribution in [3.63, 3.8) is 0 Å². The standard InChI is InChI=1S/C23H32N2O7/c1-6-30-19(27)23(25-16-26,20(28)31-7-2)14-13-18(17-11-9-8-10-12-17)15-24-21(29)32-22(3,4)5/h8-13,16H,6-7,14-15H2,1-5H3,(H,24,29)(H,25,26)/b18-13+. The SMILES string of the molecule is CCOC(=O)C(C/C=C(\CNC(=O)OC(C)(C)C)c1ccccc1)(NC=O)C(=O)OCC. The molecular weight excluding hydrogens is 416 g/mol. The lowest BCUT2D eigenvalue weighted by molar-refractivity contribution is -0.167. The maximum absolute atomic E-state index is 12.7. The molecule has 9 nitrogen and oxygen atoms in total. The molecule has 32 heavy (non-hydrogen) atoms. The summed E-state index contributed by atoms with van der Waals surface area (Å²) in [4.78, 5) is 48.8. The predicted molar refractivity (Wildman–Crippen MR) is 118 cm³/mol. The maximum Gasteiger partial charge on any atom is 0.407 e. The summed E-state index contributed by atoms with van der Waals surface area (Å²) in [6.45, 7) is 8.50. The molecule has 0 unspecified atom stereocenters. The number of benzene rings is 1. The lowest BCUT2D eigenvalue weighted by Gasteiger charge is -2.27. The summed E-state index contributed by atoms with van der Waals surface area (Å²) in [5.74, 6) is -1.87. The van der Waals surface area contributed by atoms with E-state index in [0.29, 0.717) is 5.57 Å². The molecule has 176 valence electrons. The topological polar surface area (TPSA) is 120 Å². The summed E-state index contributed by atoms with van der Waals surface area (Å²) in [5.41, 5.74) is -1.38. The number of ether oxygens (including phenoxy) is 3. The van der Waals surface area contributed by atoms with Gasteiger partial charge in [-0.3, -0.25) is 4.79 Å². The van der Waals surface area contributed by atoms with Gasteiger partial charge >= 0.3 is 18.0 Å². The van der Waals surface area contributed by atoms with Gasteiger partial charge in [-0.2, -0.15) is 0 Å². The van der Waals surface area contributed by atoms with E-state index < -0.39 is 29.2 Å². The number of rotatable bonds is 11. The average Bonchev–Trinajstić information content (AvgIpc) is 2.72. The van der Waals surface area contributed by atoms with Gasteiger partial charge in [0.05, 0.1) is 13.2 Å². The molecule has 1 rings (SSSR count). The molecule has 0 heterocycles. The van der Waals surface area contributed by atoms with Crippen molar-refractivity contribution in [2.24, 2.45) is 0 Å². The van der Waals surface area contributed by atoms with Crippen molar-refractivity contribution < 1.29 is 33.4 Å². The van der Waals surface area contributed by atoms with Crippen molar-refractivity contribution in [2.45, 2.75) is 52.2 Å². The first-order valence-corrected chi connectivity index (χ1v) is 10.4. The molecule has 0 aliphatic rings. The summed E-state index contributed by atoms with van der Waals surface area (Å²) in [5, 5.41) is 4.94. The maximum atomic E-state index is 12.7. The molecule has 0 aromatic heterocycles. The first-order chi connectivity index (χ1) is 15.1. The van der Waals surface area contributed by atoms with Crippen molar-refractivity contribution in [2.75, 3.05) is 19.8 Å². The Morgan fingerprint density at radius 3 is 2.00 bits per heavy atom. The van der Waals surface area contributed by atoms with E-state index in [-0.39, 0.29) is 32.6 Å². The highest BCUT2D eigenvalue weighted by Gasteiger charge is 2.48. The number of hydrogen-bond acceptors (Lipinski definition) is 7. The van der Waals surface area contributed by atoms with Gasteiger partial charge in [0.25, 0.3) is 0 Å².